The SMILES string of the molecule is Cc1cccc(C)c1NC(=O)COc1ccc(I)cc1. The molecule has 2 aromatic rings. The van der Waals surface area contributed by atoms with E-state index in [1.54, 1.807) is 0 Å². The Bertz CT molecular complexity index is 588. The number of benzene rings is 2. The van der Waals surface area contributed by atoms with Crippen molar-refractivity contribution in [2.24, 2.45) is 0 Å². The van der Waals surface area contributed by atoms with Crippen molar-refractivity contribution in [2.75, 3.05) is 11.9 Å². The number of carbonyl (C=O) groups excluding carboxylic acids is 1. The molecule has 0 aliphatic carbocycles. The lowest BCUT2D eigenvalue weighted by Gasteiger charge is -2.12. The molecule has 0 atom stereocenters. The molecular weight excluding hydrogens is 365 g/mol. The van der Waals surface area contributed by atoms with E-state index in [1.807, 2.05) is 56.3 Å². The number of aryl methyl sites for hydroxylation is 2. The first kappa shape index (κ1) is 14.8. The first-order chi connectivity index (χ1) is 9.56. The van der Waals surface area contributed by atoms with Crippen molar-refractivity contribution in [3.8, 4) is 5.75 Å². The minimum absolute atomic E-state index is 0.00830. The van der Waals surface area contributed by atoms with Crippen LogP contribution in [0, 0.1) is 17.4 Å². The van der Waals surface area contributed by atoms with E-state index in [0.29, 0.717) is 5.75 Å². The van der Waals surface area contributed by atoms with Crippen molar-refractivity contribution in [3.05, 3.63) is 57.2 Å². The number of carbonyl (C=O) groups is 1. The monoisotopic (exact) mass is 381 g/mol. The van der Waals surface area contributed by atoms with Gasteiger partial charge in [-0.3, -0.25) is 4.79 Å². The molecule has 1 N–H and O–H groups in total. The van der Waals surface area contributed by atoms with Gasteiger partial charge < -0.3 is 10.1 Å². The van der Waals surface area contributed by atoms with E-state index < -0.39 is 0 Å². The van der Waals surface area contributed by atoms with Gasteiger partial charge in [0, 0.05) is 9.26 Å². The topological polar surface area (TPSA) is 38.3 Å². The van der Waals surface area contributed by atoms with E-state index in [-0.39, 0.29) is 12.5 Å². The summed E-state index contributed by atoms with van der Waals surface area (Å²) in [5, 5.41) is 2.89. The van der Waals surface area contributed by atoms with Gasteiger partial charge in [-0.1, -0.05) is 18.2 Å². The van der Waals surface area contributed by atoms with Gasteiger partial charge in [0.15, 0.2) is 6.61 Å². The van der Waals surface area contributed by atoms with Crippen molar-refractivity contribution in [2.45, 2.75) is 13.8 Å². The molecule has 0 saturated carbocycles. The second-order valence-electron chi connectivity index (χ2n) is 4.56. The summed E-state index contributed by atoms with van der Waals surface area (Å²) in [6, 6.07) is 13.5. The highest BCUT2D eigenvalue weighted by Gasteiger charge is 2.07. The van der Waals surface area contributed by atoms with Crippen LogP contribution in [0.2, 0.25) is 0 Å². The van der Waals surface area contributed by atoms with E-state index in [0.717, 1.165) is 20.4 Å². The normalized spacial score (nSPS) is 10.2. The number of halogens is 1. The smallest absolute Gasteiger partial charge is 0.262 e. The Kier molecular flexibility index (Phi) is 5.00. The molecule has 0 unspecified atom stereocenters. The van der Waals surface area contributed by atoms with E-state index in [1.165, 1.54) is 0 Å². The largest absolute Gasteiger partial charge is 0.484 e. The second-order valence-corrected chi connectivity index (χ2v) is 5.80. The Balaban J connectivity index is 1.94. The van der Waals surface area contributed by atoms with Crippen LogP contribution in [0.1, 0.15) is 11.1 Å². The quantitative estimate of drug-likeness (QED) is 0.816. The molecule has 104 valence electrons. The average Bonchev–Trinajstić information content (AvgIpc) is 2.42. The maximum absolute atomic E-state index is 11.9. The number of rotatable bonds is 4. The van der Waals surface area contributed by atoms with E-state index in [2.05, 4.69) is 27.9 Å². The molecule has 2 aromatic carbocycles. The van der Waals surface area contributed by atoms with Crippen LogP contribution in [-0.2, 0) is 4.79 Å². The van der Waals surface area contributed by atoms with Crippen LogP contribution >= 0.6 is 22.6 Å². The van der Waals surface area contributed by atoms with Crippen LogP contribution in [0.4, 0.5) is 5.69 Å². The molecular formula is C16H16INO2. The van der Waals surface area contributed by atoms with Gasteiger partial charge in [-0.25, -0.2) is 0 Å². The molecule has 2 rings (SSSR count). The zero-order valence-corrected chi connectivity index (χ0v) is 13.6. The first-order valence-corrected chi connectivity index (χ1v) is 7.38. The van der Waals surface area contributed by atoms with Crippen LogP contribution in [0.15, 0.2) is 42.5 Å². The number of ether oxygens (including phenoxy) is 1. The first-order valence-electron chi connectivity index (χ1n) is 6.30. The summed E-state index contributed by atoms with van der Waals surface area (Å²) in [6.45, 7) is 3.96. The predicted molar refractivity (Wildman–Crippen MR) is 89.2 cm³/mol. The molecule has 0 fully saturated rings. The van der Waals surface area contributed by atoms with Gasteiger partial charge in [0.1, 0.15) is 5.75 Å². The summed E-state index contributed by atoms with van der Waals surface area (Å²) >= 11 is 2.23. The number of hydrogen-bond acceptors (Lipinski definition) is 2. The van der Waals surface area contributed by atoms with Gasteiger partial charge in [-0.15, -0.1) is 0 Å². The summed E-state index contributed by atoms with van der Waals surface area (Å²) < 4.78 is 6.59. The molecule has 0 spiro atoms. The summed E-state index contributed by atoms with van der Waals surface area (Å²) in [5.74, 6) is 0.544. The van der Waals surface area contributed by atoms with Crippen molar-refractivity contribution >= 4 is 34.2 Å². The van der Waals surface area contributed by atoms with E-state index >= 15 is 0 Å². The molecule has 0 radical (unpaired) electrons. The molecule has 0 aromatic heterocycles. The molecule has 0 aliphatic rings. The lowest BCUT2D eigenvalue weighted by molar-refractivity contribution is -0.118. The van der Waals surface area contributed by atoms with Crippen LogP contribution in [0.5, 0.6) is 5.75 Å². The highest BCUT2D eigenvalue weighted by molar-refractivity contribution is 14.1. The van der Waals surface area contributed by atoms with E-state index in [9.17, 15) is 4.79 Å². The van der Waals surface area contributed by atoms with Gasteiger partial charge in [-0.2, -0.15) is 0 Å². The Morgan fingerprint density at radius 2 is 1.70 bits per heavy atom. The summed E-state index contributed by atoms with van der Waals surface area (Å²) in [7, 11) is 0. The van der Waals surface area contributed by atoms with Crippen LogP contribution in [0.3, 0.4) is 0 Å². The third-order valence-corrected chi connectivity index (χ3v) is 3.65. The van der Waals surface area contributed by atoms with Gasteiger partial charge in [0.2, 0.25) is 0 Å². The number of amides is 1. The minimum atomic E-state index is -0.152. The molecule has 0 bridgehead atoms. The van der Waals surface area contributed by atoms with Crippen molar-refractivity contribution in [1.29, 1.82) is 0 Å². The molecule has 0 heterocycles. The highest BCUT2D eigenvalue weighted by Crippen LogP contribution is 2.19. The third-order valence-electron chi connectivity index (χ3n) is 2.93. The Hall–Kier alpha value is -1.56. The van der Waals surface area contributed by atoms with Crippen LogP contribution in [0.25, 0.3) is 0 Å². The number of para-hydroxylation sites is 1. The predicted octanol–water partition coefficient (Wildman–Crippen LogP) is 3.93. The summed E-state index contributed by atoms with van der Waals surface area (Å²) in [4.78, 5) is 11.9. The number of hydrogen-bond donors (Lipinski definition) is 1. The van der Waals surface area contributed by atoms with Gasteiger partial charge in [0.05, 0.1) is 0 Å². The number of anilines is 1. The lowest BCUT2D eigenvalue weighted by atomic mass is 10.1. The highest BCUT2D eigenvalue weighted by atomic mass is 127. The molecule has 1 amide bonds. The maximum atomic E-state index is 11.9. The molecule has 0 aliphatic heterocycles. The zero-order chi connectivity index (χ0) is 14.5. The molecule has 4 heteroatoms. The summed E-state index contributed by atoms with van der Waals surface area (Å²) in [5.41, 5.74) is 2.96. The van der Waals surface area contributed by atoms with Gasteiger partial charge in [0.25, 0.3) is 5.91 Å². The minimum Gasteiger partial charge on any atom is -0.484 e. The Morgan fingerprint density at radius 1 is 1.10 bits per heavy atom. The molecule has 3 nitrogen and oxygen atoms in total. The third kappa shape index (κ3) is 3.96. The van der Waals surface area contributed by atoms with Crippen LogP contribution < -0.4 is 10.1 Å². The standard InChI is InChI=1S/C16H16INO2/c1-11-4-3-5-12(2)16(11)18-15(19)10-20-14-8-6-13(17)7-9-14/h3-9H,10H2,1-2H3,(H,18,19). The van der Waals surface area contributed by atoms with Crippen molar-refractivity contribution in [3.63, 3.8) is 0 Å². The van der Waals surface area contributed by atoms with Crippen molar-refractivity contribution in [1.82, 2.24) is 0 Å². The summed E-state index contributed by atoms with van der Waals surface area (Å²) in [6.07, 6.45) is 0. The number of nitrogens with one attached hydrogen (secondary N) is 1. The fourth-order valence-corrected chi connectivity index (χ4v) is 2.23. The lowest BCUT2D eigenvalue weighted by Crippen LogP contribution is -2.21. The Morgan fingerprint density at radius 3 is 2.30 bits per heavy atom. The van der Waals surface area contributed by atoms with Gasteiger partial charge in [-0.05, 0) is 71.8 Å². The van der Waals surface area contributed by atoms with Crippen LogP contribution in [-0.4, -0.2) is 12.5 Å². The van der Waals surface area contributed by atoms with Crippen molar-refractivity contribution < 1.29 is 9.53 Å². The fourth-order valence-electron chi connectivity index (χ4n) is 1.87. The molecule has 0 saturated heterocycles. The second kappa shape index (κ2) is 6.74. The van der Waals surface area contributed by atoms with Gasteiger partial charge >= 0.3 is 0 Å². The zero-order valence-electron chi connectivity index (χ0n) is 11.4. The average molecular weight is 381 g/mol. The Labute approximate surface area is 132 Å². The molecule has 20 heavy (non-hydrogen) atoms. The maximum Gasteiger partial charge on any atom is 0.262 e. The fraction of sp³-hybridized carbons (Fsp3) is 0.188. The van der Waals surface area contributed by atoms with E-state index in [4.69, 9.17) is 4.74 Å².